The fourth-order valence-corrected chi connectivity index (χ4v) is 4.22. The summed E-state index contributed by atoms with van der Waals surface area (Å²) in [6.45, 7) is 3.71. The van der Waals surface area contributed by atoms with Crippen LogP contribution in [-0.2, 0) is 0 Å². The Morgan fingerprint density at radius 3 is 2.40 bits per heavy atom. The van der Waals surface area contributed by atoms with Gasteiger partial charge in [-0.25, -0.2) is 0 Å². The van der Waals surface area contributed by atoms with Crippen molar-refractivity contribution < 1.29 is 14.3 Å². The molecule has 0 spiro atoms. The van der Waals surface area contributed by atoms with Crippen LogP contribution in [0.4, 0.5) is 0 Å². The molecule has 2 aliphatic rings. The molecule has 0 unspecified atom stereocenters. The highest BCUT2D eigenvalue weighted by atomic mass is 16.5. The van der Waals surface area contributed by atoms with Crippen molar-refractivity contribution in [3.8, 4) is 5.75 Å². The topological polar surface area (TPSA) is 62.7 Å². The van der Waals surface area contributed by atoms with Gasteiger partial charge in [0.1, 0.15) is 11.4 Å². The molecular formula is C24H29N3O3. The van der Waals surface area contributed by atoms with Crippen LogP contribution in [0.15, 0.2) is 48.7 Å². The summed E-state index contributed by atoms with van der Waals surface area (Å²) in [5, 5.41) is 0. The molecule has 0 saturated carbocycles. The van der Waals surface area contributed by atoms with Crippen LogP contribution < -0.4 is 4.74 Å². The number of amides is 2. The molecule has 0 bridgehead atoms. The highest BCUT2D eigenvalue weighted by molar-refractivity contribution is 5.94. The van der Waals surface area contributed by atoms with Gasteiger partial charge in [-0.1, -0.05) is 6.07 Å². The van der Waals surface area contributed by atoms with Gasteiger partial charge in [0, 0.05) is 43.9 Å². The first kappa shape index (κ1) is 20.4. The SMILES string of the molecule is O=C(c1ccc(OC[C@@H]2CCCN(C(=O)c3ccccn3)C2)cc1)N1CCCCC1. The zero-order valence-electron chi connectivity index (χ0n) is 17.3. The average molecular weight is 408 g/mol. The predicted octanol–water partition coefficient (Wildman–Crippen LogP) is 3.64. The maximum atomic E-state index is 12.6. The minimum absolute atomic E-state index is 0.0131. The molecule has 2 saturated heterocycles. The summed E-state index contributed by atoms with van der Waals surface area (Å²) in [6, 6.07) is 12.9. The molecule has 6 nitrogen and oxygen atoms in total. The Bertz CT molecular complexity index is 848. The van der Waals surface area contributed by atoms with Crippen molar-refractivity contribution >= 4 is 11.8 Å². The smallest absolute Gasteiger partial charge is 0.272 e. The Labute approximate surface area is 177 Å². The van der Waals surface area contributed by atoms with Crippen molar-refractivity contribution in [3.63, 3.8) is 0 Å². The first-order chi connectivity index (χ1) is 14.7. The lowest BCUT2D eigenvalue weighted by atomic mass is 9.98. The molecule has 0 N–H and O–H groups in total. The highest BCUT2D eigenvalue weighted by Gasteiger charge is 2.25. The third-order valence-electron chi connectivity index (χ3n) is 5.92. The first-order valence-corrected chi connectivity index (χ1v) is 10.9. The maximum Gasteiger partial charge on any atom is 0.272 e. The van der Waals surface area contributed by atoms with E-state index < -0.39 is 0 Å². The Kier molecular flexibility index (Phi) is 6.62. The number of benzene rings is 1. The third kappa shape index (κ3) is 4.99. The van der Waals surface area contributed by atoms with Gasteiger partial charge in [0.2, 0.25) is 0 Å². The van der Waals surface area contributed by atoms with Crippen molar-refractivity contribution in [3.05, 3.63) is 59.9 Å². The molecule has 30 heavy (non-hydrogen) atoms. The third-order valence-corrected chi connectivity index (χ3v) is 5.92. The lowest BCUT2D eigenvalue weighted by Gasteiger charge is -2.32. The molecule has 1 aromatic heterocycles. The number of pyridine rings is 1. The van der Waals surface area contributed by atoms with E-state index in [9.17, 15) is 9.59 Å². The molecule has 2 aliphatic heterocycles. The quantitative estimate of drug-likeness (QED) is 0.759. The number of aromatic nitrogens is 1. The van der Waals surface area contributed by atoms with Crippen molar-refractivity contribution in [2.75, 3.05) is 32.8 Å². The Morgan fingerprint density at radius 2 is 1.67 bits per heavy atom. The van der Waals surface area contributed by atoms with Gasteiger partial charge in [-0.15, -0.1) is 0 Å². The molecule has 6 heteroatoms. The normalized spacial score (nSPS) is 19.4. The van der Waals surface area contributed by atoms with Gasteiger partial charge in [0.15, 0.2) is 0 Å². The zero-order chi connectivity index (χ0) is 20.8. The minimum atomic E-state index is -0.0131. The number of carbonyl (C=O) groups is 2. The second-order valence-electron chi connectivity index (χ2n) is 8.16. The molecule has 1 aromatic carbocycles. The van der Waals surface area contributed by atoms with E-state index >= 15 is 0 Å². The van der Waals surface area contributed by atoms with Crippen LogP contribution in [0.25, 0.3) is 0 Å². The van der Waals surface area contributed by atoms with Gasteiger partial charge >= 0.3 is 0 Å². The molecular weight excluding hydrogens is 378 g/mol. The fraction of sp³-hybridized carbons (Fsp3) is 0.458. The van der Waals surface area contributed by atoms with Crippen molar-refractivity contribution in [2.45, 2.75) is 32.1 Å². The van der Waals surface area contributed by atoms with Gasteiger partial charge in [-0.05, 0) is 68.5 Å². The van der Waals surface area contributed by atoms with Crippen LogP contribution >= 0.6 is 0 Å². The number of carbonyl (C=O) groups excluding carboxylic acids is 2. The molecule has 2 aromatic rings. The highest BCUT2D eigenvalue weighted by Crippen LogP contribution is 2.21. The van der Waals surface area contributed by atoms with E-state index in [4.69, 9.17) is 4.74 Å². The van der Waals surface area contributed by atoms with Gasteiger partial charge in [0.05, 0.1) is 6.61 Å². The maximum absolute atomic E-state index is 12.6. The summed E-state index contributed by atoms with van der Waals surface area (Å²) in [5.74, 6) is 1.15. The molecule has 4 rings (SSSR count). The van der Waals surface area contributed by atoms with Crippen molar-refractivity contribution in [1.29, 1.82) is 0 Å². The average Bonchev–Trinajstić information content (AvgIpc) is 2.83. The van der Waals surface area contributed by atoms with E-state index in [0.717, 1.165) is 51.1 Å². The lowest BCUT2D eigenvalue weighted by Crippen LogP contribution is -2.41. The standard InChI is InChI=1S/C24H29N3O3/c28-23(26-14-4-1-5-15-26)20-9-11-21(12-10-20)30-18-19-7-6-16-27(17-19)24(29)22-8-2-3-13-25-22/h2-3,8-13,19H,1,4-7,14-18H2/t19-/m1/s1. The van der Waals surface area contributed by atoms with Crippen LogP contribution in [0, 0.1) is 5.92 Å². The van der Waals surface area contributed by atoms with Gasteiger partial charge in [0.25, 0.3) is 11.8 Å². The molecule has 2 fully saturated rings. The van der Waals surface area contributed by atoms with Crippen molar-refractivity contribution in [1.82, 2.24) is 14.8 Å². The summed E-state index contributed by atoms with van der Waals surface area (Å²) in [4.78, 5) is 33.2. The number of rotatable bonds is 5. The van der Waals surface area contributed by atoms with Gasteiger partial charge < -0.3 is 14.5 Å². The van der Waals surface area contributed by atoms with E-state index in [1.807, 2.05) is 46.2 Å². The fourth-order valence-electron chi connectivity index (χ4n) is 4.22. The first-order valence-electron chi connectivity index (χ1n) is 10.9. The summed E-state index contributed by atoms with van der Waals surface area (Å²) in [6.07, 6.45) is 7.05. The monoisotopic (exact) mass is 407 g/mol. The molecule has 2 amide bonds. The summed E-state index contributed by atoms with van der Waals surface area (Å²) >= 11 is 0. The lowest BCUT2D eigenvalue weighted by molar-refractivity contribution is 0.0627. The Morgan fingerprint density at radius 1 is 0.900 bits per heavy atom. The zero-order valence-corrected chi connectivity index (χ0v) is 17.3. The van der Waals surface area contributed by atoms with E-state index in [1.54, 1.807) is 12.3 Å². The van der Waals surface area contributed by atoms with Crippen LogP contribution in [0.1, 0.15) is 53.0 Å². The van der Waals surface area contributed by atoms with E-state index in [2.05, 4.69) is 4.98 Å². The van der Waals surface area contributed by atoms with Crippen molar-refractivity contribution in [2.24, 2.45) is 5.92 Å². The number of hydrogen-bond acceptors (Lipinski definition) is 4. The number of nitrogens with zero attached hydrogens (tertiary/aromatic N) is 3. The predicted molar refractivity (Wildman–Crippen MR) is 115 cm³/mol. The number of likely N-dealkylation sites (tertiary alicyclic amines) is 2. The second kappa shape index (κ2) is 9.74. The Hall–Kier alpha value is -2.89. The molecule has 0 radical (unpaired) electrons. The van der Waals surface area contributed by atoms with E-state index in [-0.39, 0.29) is 11.8 Å². The van der Waals surface area contributed by atoms with Crippen LogP contribution in [0.5, 0.6) is 5.75 Å². The van der Waals surface area contributed by atoms with Crippen LogP contribution in [0.3, 0.4) is 0 Å². The van der Waals surface area contributed by atoms with Crippen LogP contribution in [0.2, 0.25) is 0 Å². The Balaban J connectivity index is 1.29. The number of piperidine rings is 2. The molecule has 1 atom stereocenters. The summed E-state index contributed by atoms with van der Waals surface area (Å²) in [7, 11) is 0. The summed E-state index contributed by atoms with van der Waals surface area (Å²) in [5.41, 5.74) is 1.21. The minimum Gasteiger partial charge on any atom is -0.493 e. The van der Waals surface area contributed by atoms with Crippen LogP contribution in [-0.4, -0.2) is 59.4 Å². The second-order valence-corrected chi connectivity index (χ2v) is 8.16. The van der Waals surface area contributed by atoms with E-state index in [1.165, 1.54) is 6.42 Å². The van der Waals surface area contributed by atoms with E-state index in [0.29, 0.717) is 30.3 Å². The molecule has 3 heterocycles. The largest absolute Gasteiger partial charge is 0.493 e. The number of ether oxygens (including phenoxy) is 1. The van der Waals surface area contributed by atoms with Gasteiger partial charge in [-0.2, -0.15) is 0 Å². The van der Waals surface area contributed by atoms with Gasteiger partial charge in [-0.3, -0.25) is 14.6 Å². The molecule has 0 aliphatic carbocycles. The number of hydrogen-bond donors (Lipinski definition) is 0. The molecule has 158 valence electrons. The summed E-state index contributed by atoms with van der Waals surface area (Å²) < 4.78 is 5.98.